The number of amides is 3. The number of alkyl halides is 2. The maximum Gasteiger partial charge on any atom is 0.407 e. The molecule has 0 radical (unpaired) electrons. The van der Waals surface area contributed by atoms with Gasteiger partial charge in [0.05, 0.1) is 62.8 Å². The van der Waals surface area contributed by atoms with Crippen molar-refractivity contribution in [2.45, 2.75) is 104 Å². The highest BCUT2D eigenvalue weighted by molar-refractivity contribution is 6.06. The van der Waals surface area contributed by atoms with E-state index in [0.29, 0.717) is 25.3 Å². The molecule has 2 fully saturated rings. The lowest BCUT2D eigenvalue weighted by atomic mass is 9.89. The number of hydrogen-bond acceptors (Lipinski definition) is 10. The highest BCUT2D eigenvalue weighted by Crippen LogP contribution is 2.45. The lowest BCUT2D eigenvalue weighted by molar-refractivity contribution is -0.148. The Balaban J connectivity index is 1.02. The summed E-state index contributed by atoms with van der Waals surface area (Å²) in [5.41, 5.74) is 7.31. The molecule has 16 heteroatoms. The van der Waals surface area contributed by atoms with Crippen LogP contribution in [0.5, 0.6) is 5.75 Å². The first-order valence-corrected chi connectivity index (χ1v) is 22.1. The zero-order chi connectivity index (χ0) is 45.6. The fraction of sp³-hybridized carbons (Fsp3) is 0.500. The van der Waals surface area contributed by atoms with Crippen molar-refractivity contribution in [1.82, 2.24) is 25.1 Å². The minimum Gasteiger partial charge on any atom is -0.488 e. The van der Waals surface area contributed by atoms with E-state index in [1.54, 1.807) is 11.1 Å². The van der Waals surface area contributed by atoms with Crippen molar-refractivity contribution in [3.63, 3.8) is 0 Å². The summed E-state index contributed by atoms with van der Waals surface area (Å²) in [6.45, 7) is 7.01. The van der Waals surface area contributed by atoms with Crippen LogP contribution < -0.4 is 10.1 Å². The molecule has 1 aromatic heterocycles. The molecule has 0 aliphatic carbocycles. The first-order chi connectivity index (χ1) is 30.6. The van der Waals surface area contributed by atoms with Crippen LogP contribution in [0.1, 0.15) is 83.3 Å². The van der Waals surface area contributed by atoms with Crippen LogP contribution in [0, 0.1) is 23.7 Å². The predicted octanol–water partition coefficient (Wildman–Crippen LogP) is 8.14. The number of aromatic nitrogens is 2. The van der Waals surface area contributed by atoms with Gasteiger partial charge in [0.1, 0.15) is 24.2 Å². The molecule has 2 N–H and O–H groups in total. The minimum atomic E-state index is -2.92. The number of halogens is 2. The molecule has 4 aliphatic heterocycles. The van der Waals surface area contributed by atoms with E-state index < -0.39 is 36.7 Å². The van der Waals surface area contributed by atoms with Crippen LogP contribution in [-0.2, 0) is 41.6 Å². The van der Waals surface area contributed by atoms with E-state index in [4.69, 9.17) is 28.9 Å². The van der Waals surface area contributed by atoms with E-state index in [1.165, 1.54) is 14.2 Å². The first kappa shape index (κ1) is 44.7. The number of esters is 1. The number of nitrogens with zero attached hydrogens (tertiary/aromatic N) is 4. The molecule has 4 aliphatic rings. The average Bonchev–Trinajstić information content (AvgIpc) is 4.10. The highest BCUT2D eigenvalue weighted by atomic mass is 19.3. The molecule has 64 heavy (non-hydrogen) atoms. The number of alkyl carbamates (subject to hydrolysis) is 1. The predicted molar refractivity (Wildman–Crippen MR) is 235 cm³/mol. The molecular weight excluding hydrogens is 827 g/mol. The molecule has 0 bridgehead atoms. The number of aliphatic imine (C=N–C) groups is 1. The van der Waals surface area contributed by atoms with Gasteiger partial charge in [-0.3, -0.25) is 19.4 Å². The number of aromatic amines is 1. The fourth-order valence-corrected chi connectivity index (χ4v) is 9.92. The third kappa shape index (κ3) is 8.68. The normalized spacial score (nSPS) is 21.1. The zero-order valence-electron chi connectivity index (χ0n) is 37.3. The SMILES string of the molecule is COC(=O)C[C@H](C(=O)N1C[C@@H](COC(F)F)C[C@H]1C1=Nc2ccc3cc4c(cc3c2C1)OCc1cc(-c2cnc([C@@H]3CC[C@H](C)N3C(=O)[C@@H](NC(=O)OC)C(C)C)[nH]2)ccc1-4)C(C)C. The molecule has 8 rings (SSSR count). The Morgan fingerprint density at radius 3 is 2.47 bits per heavy atom. The van der Waals surface area contributed by atoms with Gasteiger partial charge in [-0.05, 0) is 95.3 Å². The third-order valence-corrected chi connectivity index (χ3v) is 13.4. The van der Waals surface area contributed by atoms with Crippen LogP contribution in [0.15, 0.2) is 53.7 Å². The fourth-order valence-electron chi connectivity index (χ4n) is 9.92. The van der Waals surface area contributed by atoms with Crippen LogP contribution in [0.4, 0.5) is 19.3 Å². The summed E-state index contributed by atoms with van der Waals surface area (Å²) in [6.07, 6.45) is 3.48. The van der Waals surface area contributed by atoms with Crippen molar-refractivity contribution in [3.05, 3.63) is 65.6 Å². The second-order valence-electron chi connectivity index (χ2n) is 18.1. The topological polar surface area (TPSA) is 165 Å². The Bertz CT molecular complexity index is 2490. The van der Waals surface area contributed by atoms with Crippen molar-refractivity contribution in [2.75, 3.05) is 27.4 Å². The van der Waals surface area contributed by atoms with Gasteiger partial charge < -0.3 is 39.0 Å². The molecular formula is C48H56F2N6O8. The van der Waals surface area contributed by atoms with Gasteiger partial charge in [-0.25, -0.2) is 9.78 Å². The van der Waals surface area contributed by atoms with Gasteiger partial charge in [-0.15, -0.1) is 0 Å². The number of rotatable bonds is 13. The van der Waals surface area contributed by atoms with Gasteiger partial charge in [-0.2, -0.15) is 8.78 Å². The summed E-state index contributed by atoms with van der Waals surface area (Å²) in [6, 6.07) is 12.9. The summed E-state index contributed by atoms with van der Waals surface area (Å²) in [5.74, 6) is -0.720. The standard InChI is InChI=1S/C48H56F2N6O8/c1-24(2)32(19-42(57)61-6)45(58)55-21-27(22-64-47(49)50)14-40(55)37-17-34-33-18-41-35(16-28(33)10-12-36(34)52-37)31-11-9-29(15-30(31)23-63-41)38-20-51-44(53-38)39-13-8-26(5)56(39)46(59)43(25(3)4)54-48(60)62-7/h9-12,15-16,18,20,24-27,32,39-40,43,47H,8,13-14,17,19,21-23H2,1-7H3,(H,51,53)(H,54,60)/t26-,27-,32-,39-,40-,43-/m0/s1. The van der Waals surface area contributed by atoms with E-state index in [-0.39, 0.29) is 61.2 Å². The van der Waals surface area contributed by atoms with E-state index >= 15 is 0 Å². The van der Waals surface area contributed by atoms with Gasteiger partial charge in [0, 0.05) is 36.2 Å². The number of carbonyl (C=O) groups excluding carboxylic acids is 4. The summed E-state index contributed by atoms with van der Waals surface area (Å²) < 4.78 is 47.1. The Hall–Kier alpha value is -5.90. The zero-order valence-corrected chi connectivity index (χ0v) is 37.3. The molecule has 0 spiro atoms. The van der Waals surface area contributed by atoms with Crippen LogP contribution >= 0.6 is 0 Å². The Morgan fingerprint density at radius 2 is 1.75 bits per heavy atom. The van der Waals surface area contributed by atoms with Crippen LogP contribution in [0.2, 0.25) is 0 Å². The maximum atomic E-state index is 14.1. The average molecular weight is 883 g/mol. The van der Waals surface area contributed by atoms with E-state index in [0.717, 1.165) is 74.3 Å². The molecule has 2 saturated heterocycles. The summed E-state index contributed by atoms with van der Waals surface area (Å²) in [5, 5.41) is 4.69. The Morgan fingerprint density at radius 1 is 0.953 bits per heavy atom. The smallest absolute Gasteiger partial charge is 0.407 e. The molecule has 14 nitrogen and oxygen atoms in total. The van der Waals surface area contributed by atoms with Crippen LogP contribution in [0.25, 0.3) is 33.2 Å². The lowest BCUT2D eigenvalue weighted by Crippen LogP contribution is -2.52. The largest absolute Gasteiger partial charge is 0.488 e. The first-order valence-electron chi connectivity index (χ1n) is 22.1. The number of likely N-dealkylation sites (tertiary alicyclic amines) is 2. The van der Waals surface area contributed by atoms with E-state index in [9.17, 15) is 28.0 Å². The molecule has 4 aromatic rings. The second kappa shape index (κ2) is 18.3. The third-order valence-electron chi connectivity index (χ3n) is 13.4. The maximum absolute atomic E-state index is 14.1. The number of nitrogens with one attached hydrogen (secondary N) is 2. The molecule has 0 unspecified atom stereocenters. The number of ether oxygens (including phenoxy) is 4. The lowest BCUT2D eigenvalue weighted by Gasteiger charge is -2.32. The molecule has 3 amide bonds. The molecule has 340 valence electrons. The van der Waals surface area contributed by atoms with Crippen molar-refractivity contribution in [3.8, 4) is 28.1 Å². The summed E-state index contributed by atoms with van der Waals surface area (Å²) in [4.78, 5) is 69.3. The van der Waals surface area contributed by atoms with Crippen LogP contribution in [0.3, 0.4) is 0 Å². The number of fused-ring (bicyclic) bond motifs is 6. The molecule has 3 aromatic carbocycles. The number of imidazole rings is 1. The van der Waals surface area contributed by atoms with E-state index in [1.807, 2.05) is 51.7 Å². The number of carbonyl (C=O) groups is 4. The molecule has 5 heterocycles. The van der Waals surface area contributed by atoms with Crippen molar-refractivity contribution >= 4 is 46.0 Å². The number of H-pyrrole nitrogens is 1. The van der Waals surface area contributed by atoms with Gasteiger partial charge >= 0.3 is 18.7 Å². The Kier molecular flexibility index (Phi) is 12.8. The van der Waals surface area contributed by atoms with Crippen LogP contribution in [-0.4, -0.2) is 101 Å². The minimum absolute atomic E-state index is 0.0361. The quantitative estimate of drug-likeness (QED) is 0.126. The summed E-state index contributed by atoms with van der Waals surface area (Å²) >= 11 is 0. The van der Waals surface area contributed by atoms with Crippen molar-refractivity contribution in [1.29, 1.82) is 0 Å². The molecule has 0 saturated carbocycles. The number of benzene rings is 3. The van der Waals surface area contributed by atoms with Gasteiger partial charge in [-0.1, -0.05) is 45.9 Å². The second-order valence-corrected chi connectivity index (χ2v) is 18.1. The van der Waals surface area contributed by atoms with Gasteiger partial charge in [0.2, 0.25) is 11.8 Å². The van der Waals surface area contributed by atoms with Gasteiger partial charge in [0.25, 0.3) is 0 Å². The van der Waals surface area contributed by atoms with Crippen molar-refractivity contribution in [2.24, 2.45) is 28.7 Å². The van der Waals surface area contributed by atoms with Crippen molar-refractivity contribution < 1.29 is 46.9 Å². The number of methoxy groups -OCH3 is 2. The highest BCUT2D eigenvalue weighted by Gasteiger charge is 2.44. The summed E-state index contributed by atoms with van der Waals surface area (Å²) in [7, 11) is 2.57. The van der Waals surface area contributed by atoms with E-state index in [2.05, 4.69) is 40.6 Å². The number of hydrogen-bond donors (Lipinski definition) is 2. The molecule has 6 atom stereocenters. The van der Waals surface area contributed by atoms with Gasteiger partial charge in [0.15, 0.2) is 0 Å². The Labute approximate surface area is 371 Å². The monoisotopic (exact) mass is 882 g/mol.